The molecule has 146 valence electrons. The Morgan fingerprint density at radius 3 is 2.52 bits per heavy atom. The van der Waals surface area contributed by atoms with Crippen LogP contribution in [0.3, 0.4) is 0 Å². The summed E-state index contributed by atoms with van der Waals surface area (Å²) in [7, 11) is 3.20. The van der Waals surface area contributed by atoms with Gasteiger partial charge in [-0.1, -0.05) is 18.2 Å². The Bertz CT molecular complexity index is 779. The van der Waals surface area contributed by atoms with Gasteiger partial charge in [0.05, 0.1) is 27.4 Å². The summed E-state index contributed by atoms with van der Waals surface area (Å²) in [6.07, 6.45) is 2.53. The molecule has 0 aliphatic heterocycles. The van der Waals surface area contributed by atoms with Crippen LogP contribution in [0.2, 0.25) is 0 Å². The molecular weight excluding hydrogens is 457 g/mol. The standard InChI is InChI=1S/C20H25N3O3.HI/c1-24-18-10-9-16(11-19(18)25-2)23-20(21)22-12-15-5-3-4-6-17(15)26-13-14-7-8-14;/h3-6,9-11,14H,7-8,12-13H2,1-2H3,(H3,21,22,23);1H. The minimum absolute atomic E-state index is 0. The summed E-state index contributed by atoms with van der Waals surface area (Å²) < 4.78 is 16.4. The van der Waals surface area contributed by atoms with Crippen molar-refractivity contribution in [3.63, 3.8) is 0 Å². The van der Waals surface area contributed by atoms with Crippen LogP contribution in [0.5, 0.6) is 17.2 Å². The third kappa shape index (κ3) is 6.20. The van der Waals surface area contributed by atoms with Gasteiger partial charge in [0.15, 0.2) is 17.5 Å². The Morgan fingerprint density at radius 2 is 1.81 bits per heavy atom. The molecule has 0 bridgehead atoms. The summed E-state index contributed by atoms with van der Waals surface area (Å²) in [4.78, 5) is 4.42. The van der Waals surface area contributed by atoms with E-state index in [2.05, 4.69) is 10.3 Å². The summed E-state index contributed by atoms with van der Waals surface area (Å²) in [6, 6.07) is 13.4. The van der Waals surface area contributed by atoms with Crippen molar-refractivity contribution in [1.29, 1.82) is 0 Å². The molecule has 0 spiro atoms. The Kier molecular flexibility index (Phi) is 8.02. The SMILES string of the molecule is COc1ccc(NC(N)=NCc2ccccc2OCC2CC2)cc1OC.I. The predicted molar refractivity (Wildman–Crippen MR) is 119 cm³/mol. The summed E-state index contributed by atoms with van der Waals surface area (Å²) >= 11 is 0. The number of guanidine groups is 1. The molecule has 0 aromatic heterocycles. The van der Waals surface area contributed by atoms with Gasteiger partial charge in [0.25, 0.3) is 0 Å². The van der Waals surface area contributed by atoms with E-state index in [1.54, 1.807) is 14.2 Å². The molecule has 0 atom stereocenters. The number of anilines is 1. The van der Waals surface area contributed by atoms with Crippen molar-refractivity contribution in [3.8, 4) is 17.2 Å². The Balaban J connectivity index is 0.00000261. The number of hydrogen-bond donors (Lipinski definition) is 2. The van der Waals surface area contributed by atoms with Gasteiger partial charge < -0.3 is 25.3 Å². The molecule has 7 heteroatoms. The lowest BCUT2D eigenvalue weighted by molar-refractivity contribution is 0.297. The number of para-hydroxylation sites is 1. The molecule has 1 aliphatic rings. The molecule has 0 unspecified atom stereocenters. The van der Waals surface area contributed by atoms with Crippen molar-refractivity contribution in [1.82, 2.24) is 0 Å². The number of nitrogens with zero attached hydrogens (tertiary/aromatic N) is 1. The third-order valence-corrected chi connectivity index (χ3v) is 4.22. The van der Waals surface area contributed by atoms with E-state index in [9.17, 15) is 0 Å². The third-order valence-electron chi connectivity index (χ3n) is 4.22. The number of hydrogen-bond acceptors (Lipinski definition) is 4. The summed E-state index contributed by atoms with van der Waals surface area (Å²) in [5, 5.41) is 3.07. The van der Waals surface area contributed by atoms with E-state index in [1.807, 2.05) is 42.5 Å². The van der Waals surface area contributed by atoms with Crippen molar-refractivity contribution >= 4 is 35.6 Å². The lowest BCUT2D eigenvalue weighted by atomic mass is 10.2. The predicted octanol–water partition coefficient (Wildman–Crippen LogP) is 4.04. The van der Waals surface area contributed by atoms with Crippen molar-refractivity contribution in [2.45, 2.75) is 19.4 Å². The highest BCUT2D eigenvalue weighted by molar-refractivity contribution is 14.0. The second kappa shape index (κ2) is 10.2. The van der Waals surface area contributed by atoms with E-state index in [4.69, 9.17) is 19.9 Å². The van der Waals surface area contributed by atoms with Crippen molar-refractivity contribution < 1.29 is 14.2 Å². The largest absolute Gasteiger partial charge is 0.493 e. The summed E-state index contributed by atoms with van der Waals surface area (Å²) in [5.74, 6) is 3.21. The first-order valence-corrected chi connectivity index (χ1v) is 8.69. The zero-order chi connectivity index (χ0) is 18.4. The minimum atomic E-state index is 0. The highest BCUT2D eigenvalue weighted by Gasteiger charge is 2.22. The molecule has 1 saturated carbocycles. The highest BCUT2D eigenvalue weighted by atomic mass is 127. The summed E-state index contributed by atoms with van der Waals surface area (Å²) in [6.45, 7) is 1.23. The monoisotopic (exact) mass is 483 g/mol. The molecule has 1 fully saturated rings. The highest BCUT2D eigenvalue weighted by Crippen LogP contribution is 2.31. The molecule has 0 amide bonds. The van der Waals surface area contributed by atoms with E-state index >= 15 is 0 Å². The van der Waals surface area contributed by atoms with Crippen LogP contribution in [-0.2, 0) is 6.54 Å². The topological polar surface area (TPSA) is 78.1 Å². The molecule has 27 heavy (non-hydrogen) atoms. The molecule has 1 aliphatic carbocycles. The van der Waals surface area contributed by atoms with Gasteiger partial charge in [-0.05, 0) is 37.0 Å². The average molecular weight is 483 g/mol. The van der Waals surface area contributed by atoms with Crippen molar-refractivity contribution in [2.24, 2.45) is 16.6 Å². The first-order chi connectivity index (χ1) is 12.7. The number of halogens is 1. The van der Waals surface area contributed by atoms with Crippen LogP contribution in [0.25, 0.3) is 0 Å². The molecule has 3 rings (SSSR count). The van der Waals surface area contributed by atoms with Crippen molar-refractivity contribution in [2.75, 3.05) is 26.1 Å². The van der Waals surface area contributed by atoms with Crippen LogP contribution in [0, 0.1) is 5.92 Å². The molecular formula is C20H26IN3O3. The Hall–Kier alpha value is -2.16. The van der Waals surface area contributed by atoms with Gasteiger partial charge in [-0.3, -0.25) is 0 Å². The average Bonchev–Trinajstić information content (AvgIpc) is 3.49. The van der Waals surface area contributed by atoms with Crippen LogP contribution >= 0.6 is 24.0 Å². The Morgan fingerprint density at radius 1 is 1.07 bits per heavy atom. The van der Waals surface area contributed by atoms with Gasteiger partial charge in [0, 0.05) is 17.3 Å². The van der Waals surface area contributed by atoms with Gasteiger partial charge in [-0.25, -0.2) is 4.99 Å². The minimum Gasteiger partial charge on any atom is -0.493 e. The van der Waals surface area contributed by atoms with Gasteiger partial charge in [-0.2, -0.15) is 0 Å². The maximum absolute atomic E-state index is 6.02. The van der Waals surface area contributed by atoms with Crippen LogP contribution < -0.4 is 25.3 Å². The van der Waals surface area contributed by atoms with E-state index in [1.165, 1.54) is 12.8 Å². The summed E-state index contributed by atoms with van der Waals surface area (Å²) in [5.41, 5.74) is 7.82. The van der Waals surface area contributed by atoms with Crippen LogP contribution in [0.4, 0.5) is 5.69 Å². The van der Waals surface area contributed by atoms with Gasteiger partial charge in [-0.15, -0.1) is 24.0 Å². The maximum atomic E-state index is 6.02. The van der Waals surface area contributed by atoms with Gasteiger partial charge >= 0.3 is 0 Å². The van der Waals surface area contributed by atoms with E-state index in [0.29, 0.717) is 29.9 Å². The molecule has 0 saturated heterocycles. The molecule has 3 N–H and O–H groups in total. The number of methoxy groups -OCH3 is 2. The normalized spacial score (nSPS) is 13.5. The number of rotatable bonds is 8. The second-order valence-electron chi connectivity index (χ2n) is 6.26. The fourth-order valence-corrected chi connectivity index (χ4v) is 2.54. The number of nitrogens with one attached hydrogen (secondary N) is 1. The number of ether oxygens (including phenoxy) is 3. The van der Waals surface area contributed by atoms with Gasteiger partial charge in [0.1, 0.15) is 5.75 Å². The van der Waals surface area contributed by atoms with Crippen LogP contribution in [0.1, 0.15) is 18.4 Å². The van der Waals surface area contributed by atoms with E-state index in [-0.39, 0.29) is 24.0 Å². The van der Waals surface area contributed by atoms with Crippen LogP contribution in [0.15, 0.2) is 47.5 Å². The quantitative estimate of drug-likeness (QED) is 0.337. The molecule has 0 radical (unpaired) electrons. The molecule has 6 nitrogen and oxygen atoms in total. The zero-order valence-corrected chi connectivity index (χ0v) is 17.9. The van der Waals surface area contributed by atoms with Gasteiger partial charge in [0.2, 0.25) is 0 Å². The van der Waals surface area contributed by atoms with E-state index < -0.39 is 0 Å². The zero-order valence-electron chi connectivity index (χ0n) is 15.6. The smallest absolute Gasteiger partial charge is 0.193 e. The molecule has 2 aromatic rings. The second-order valence-corrected chi connectivity index (χ2v) is 6.26. The number of aliphatic imine (C=N–C) groups is 1. The maximum Gasteiger partial charge on any atom is 0.193 e. The van der Waals surface area contributed by atoms with Crippen molar-refractivity contribution in [3.05, 3.63) is 48.0 Å². The number of benzene rings is 2. The first kappa shape index (κ1) is 21.1. The fourth-order valence-electron chi connectivity index (χ4n) is 2.54. The van der Waals surface area contributed by atoms with Crippen LogP contribution in [-0.4, -0.2) is 26.8 Å². The lowest BCUT2D eigenvalue weighted by Gasteiger charge is -2.12. The fraction of sp³-hybridized carbons (Fsp3) is 0.350. The van der Waals surface area contributed by atoms with E-state index in [0.717, 1.165) is 23.6 Å². The first-order valence-electron chi connectivity index (χ1n) is 8.69. The molecule has 2 aromatic carbocycles. The lowest BCUT2D eigenvalue weighted by Crippen LogP contribution is -2.22. The number of nitrogens with two attached hydrogens (primary N) is 1. The molecule has 0 heterocycles. The Labute approximate surface area is 177 Å².